The molecule has 1 N–H and O–H groups in total. The van der Waals surface area contributed by atoms with Crippen LogP contribution in [0.15, 0.2) is 82.8 Å². The Morgan fingerprint density at radius 2 is 1.85 bits per heavy atom. The molecule has 0 aliphatic rings. The van der Waals surface area contributed by atoms with E-state index in [1.54, 1.807) is 43.3 Å². The average Bonchev–Trinajstić information content (AvgIpc) is 2.79. The third-order valence-corrected chi connectivity index (χ3v) is 6.57. The number of aryl methyl sites for hydroxylation is 1. The minimum atomic E-state index is -4.01. The highest BCUT2D eigenvalue weighted by molar-refractivity contribution is 7.89. The first-order valence-corrected chi connectivity index (χ1v) is 11.5. The summed E-state index contributed by atoms with van der Waals surface area (Å²) < 4.78 is 46.3. The summed E-state index contributed by atoms with van der Waals surface area (Å²) in [5.74, 6) is -0.499. The number of benzene rings is 3. The summed E-state index contributed by atoms with van der Waals surface area (Å²) >= 11 is 0. The number of nitrogens with one attached hydrogen (secondary N) is 1. The van der Waals surface area contributed by atoms with Gasteiger partial charge >= 0.3 is 0 Å². The highest BCUT2D eigenvalue weighted by atomic mass is 32.2. The van der Waals surface area contributed by atoms with E-state index in [2.05, 4.69) is 10.5 Å². The molecule has 0 aliphatic carbocycles. The molecule has 0 fully saturated rings. The first-order valence-electron chi connectivity index (χ1n) is 10.1. The molecule has 1 amide bonds. The fourth-order valence-corrected chi connectivity index (χ4v) is 4.60. The molecule has 3 rings (SSSR count). The third kappa shape index (κ3) is 6.47. The van der Waals surface area contributed by atoms with Crippen molar-refractivity contribution >= 4 is 22.1 Å². The summed E-state index contributed by atoms with van der Waals surface area (Å²) in [5, 5.41) is 3.81. The highest BCUT2D eigenvalue weighted by Crippen LogP contribution is 2.24. The lowest BCUT2D eigenvalue weighted by Gasteiger charge is -2.22. The lowest BCUT2D eigenvalue weighted by atomic mass is 10.2. The molecule has 3 aromatic rings. The number of hydrazone groups is 1. The van der Waals surface area contributed by atoms with Gasteiger partial charge < -0.3 is 4.74 Å². The zero-order valence-corrected chi connectivity index (χ0v) is 19.0. The second-order valence-electron chi connectivity index (χ2n) is 7.24. The zero-order chi connectivity index (χ0) is 23.8. The Balaban J connectivity index is 1.81. The van der Waals surface area contributed by atoms with E-state index in [0.717, 1.165) is 9.87 Å². The minimum absolute atomic E-state index is 0.00468. The molecule has 3 aromatic carbocycles. The smallest absolute Gasteiger partial charge is 0.255 e. The van der Waals surface area contributed by atoms with Crippen molar-refractivity contribution in [2.75, 3.05) is 13.7 Å². The van der Waals surface area contributed by atoms with E-state index in [1.165, 1.54) is 43.7 Å². The van der Waals surface area contributed by atoms with Crippen LogP contribution in [0.25, 0.3) is 0 Å². The second-order valence-corrected chi connectivity index (χ2v) is 9.18. The van der Waals surface area contributed by atoms with Gasteiger partial charge in [0.2, 0.25) is 10.0 Å². The van der Waals surface area contributed by atoms with E-state index in [9.17, 15) is 17.6 Å². The molecule has 0 heterocycles. The predicted octanol–water partition coefficient (Wildman–Crippen LogP) is 3.48. The number of methoxy groups -OCH3 is 1. The van der Waals surface area contributed by atoms with Crippen LogP contribution in [0.5, 0.6) is 5.75 Å². The van der Waals surface area contributed by atoms with Crippen molar-refractivity contribution in [2.24, 2.45) is 5.10 Å². The number of sulfonamides is 1. The molecule has 0 saturated carbocycles. The fourth-order valence-electron chi connectivity index (χ4n) is 3.13. The first-order chi connectivity index (χ1) is 15.8. The number of amides is 1. The number of hydrogen-bond donors (Lipinski definition) is 1. The van der Waals surface area contributed by atoms with Crippen molar-refractivity contribution in [3.05, 3.63) is 95.3 Å². The Bertz CT molecular complexity index is 1250. The molecule has 33 heavy (non-hydrogen) atoms. The third-order valence-electron chi connectivity index (χ3n) is 4.78. The summed E-state index contributed by atoms with van der Waals surface area (Å²) in [6.07, 6.45) is 1.28. The molecule has 0 radical (unpaired) electrons. The minimum Gasteiger partial charge on any atom is -0.496 e. The van der Waals surface area contributed by atoms with Crippen molar-refractivity contribution in [3.63, 3.8) is 0 Å². The van der Waals surface area contributed by atoms with E-state index in [-0.39, 0.29) is 11.4 Å². The van der Waals surface area contributed by atoms with Crippen molar-refractivity contribution in [2.45, 2.75) is 18.4 Å². The van der Waals surface area contributed by atoms with E-state index < -0.39 is 28.3 Å². The van der Waals surface area contributed by atoms with Gasteiger partial charge in [-0.05, 0) is 53.9 Å². The molecule has 0 atom stereocenters. The van der Waals surface area contributed by atoms with Crippen LogP contribution in [-0.2, 0) is 21.4 Å². The largest absolute Gasteiger partial charge is 0.496 e. The number of rotatable bonds is 9. The Labute approximate surface area is 192 Å². The number of hydrogen-bond acceptors (Lipinski definition) is 5. The van der Waals surface area contributed by atoms with Gasteiger partial charge in [0.25, 0.3) is 5.91 Å². The maximum absolute atomic E-state index is 13.4. The molecule has 0 spiro atoms. The van der Waals surface area contributed by atoms with Gasteiger partial charge in [0.15, 0.2) is 0 Å². The molecule has 9 heteroatoms. The number of nitrogens with zero attached hydrogens (tertiary/aromatic N) is 2. The van der Waals surface area contributed by atoms with Crippen LogP contribution in [0.3, 0.4) is 0 Å². The van der Waals surface area contributed by atoms with E-state index in [4.69, 9.17) is 4.74 Å². The molecular formula is C24H24FN3O4S. The summed E-state index contributed by atoms with van der Waals surface area (Å²) in [7, 11) is -2.50. The van der Waals surface area contributed by atoms with Crippen molar-refractivity contribution in [1.29, 1.82) is 0 Å². The molecule has 172 valence electrons. The second kappa shape index (κ2) is 10.8. The SMILES string of the molecule is COc1ccc(S(=O)(=O)N(CC(=O)N/N=C/c2cccc(F)c2)Cc2ccccc2)cc1C. The maximum atomic E-state index is 13.4. The highest BCUT2D eigenvalue weighted by Gasteiger charge is 2.27. The Morgan fingerprint density at radius 3 is 2.52 bits per heavy atom. The van der Waals surface area contributed by atoms with Crippen LogP contribution in [-0.4, -0.2) is 38.5 Å². The van der Waals surface area contributed by atoms with Gasteiger partial charge in [-0.3, -0.25) is 4.79 Å². The van der Waals surface area contributed by atoms with Gasteiger partial charge in [-0.2, -0.15) is 9.41 Å². The first kappa shape index (κ1) is 24.1. The van der Waals surface area contributed by atoms with Crippen molar-refractivity contribution in [1.82, 2.24) is 9.73 Å². The molecule has 0 bridgehead atoms. The van der Waals surface area contributed by atoms with Crippen molar-refractivity contribution < 1.29 is 22.3 Å². The van der Waals surface area contributed by atoms with Crippen LogP contribution in [0.1, 0.15) is 16.7 Å². The van der Waals surface area contributed by atoms with Gasteiger partial charge in [-0.1, -0.05) is 42.5 Å². The van der Waals surface area contributed by atoms with Crippen LogP contribution in [0.4, 0.5) is 4.39 Å². The van der Waals surface area contributed by atoms with Crippen molar-refractivity contribution in [3.8, 4) is 5.75 Å². The predicted molar refractivity (Wildman–Crippen MR) is 124 cm³/mol. The zero-order valence-electron chi connectivity index (χ0n) is 18.2. The van der Waals surface area contributed by atoms with Gasteiger partial charge in [0, 0.05) is 6.54 Å². The number of halogens is 1. The number of carbonyl (C=O) groups excluding carboxylic acids is 1. The van der Waals surface area contributed by atoms with Crippen LogP contribution >= 0.6 is 0 Å². The fraction of sp³-hybridized carbons (Fsp3) is 0.167. The van der Waals surface area contributed by atoms with E-state index >= 15 is 0 Å². The summed E-state index contributed by atoms with van der Waals surface area (Å²) in [4.78, 5) is 12.6. The van der Waals surface area contributed by atoms with Gasteiger partial charge in [0.1, 0.15) is 11.6 Å². The molecule has 0 unspecified atom stereocenters. The average molecular weight is 470 g/mol. The van der Waals surface area contributed by atoms with E-state index in [0.29, 0.717) is 16.9 Å². The summed E-state index contributed by atoms with van der Waals surface area (Å²) in [5.41, 5.74) is 4.14. The Hall–Kier alpha value is -3.56. The normalized spacial score (nSPS) is 11.6. The van der Waals surface area contributed by atoms with E-state index in [1.807, 2.05) is 6.07 Å². The molecule has 0 aliphatic heterocycles. The standard InChI is InChI=1S/C24H24FN3O4S/c1-18-13-22(11-12-23(18)32-2)33(30,31)28(16-19-7-4-3-5-8-19)17-24(29)27-26-15-20-9-6-10-21(25)14-20/h3-15H,16-17H2,1-2H3,(H,27,29)/b26-15+. The van der Waals surface area contributed by atoms with Crippen LogP contribution < -0.4 is 10.2 Å². The monoisotopic (exact) mass is 469 g/mol. The van der Waals surface area contributed by atoms with Crippen LogP contribution in [0.2, 0.25) is 0 Å². The summed E-state index contributed by atoms with van der Waals surface area (Å²) in [6.45, 7) is 1.28. The molecular weight excluding hydrogens is 445 g/mol. The van der Waals surface area contributed by atoms with Gasteiger partial charge in [-0.25, -0.2) is 18.2 Å². The number of ether oxygens (including phenoxy) is 1. The lowest BCUT2D eigenvalue weighted by Crippen LogP contribution is -2.39. The molecule has 0 saturated heterocycles. The maximum Gasteiger partial charge on any atom is 0.255 e. The molecule has 0 aromatic heterocycles. The Morgan fingerprint density at radius 1 is 1.09 bits per heavy atom. The topological polar surface area (TPSA) is 88.1 Å². The quantitative estimate of drug-likeness (QED) is 0.384. The van der Waals surface area contributed by atoms with Crippen LogP contribution in [0, 0.1) is 12.7 Å². The summed E-state index contributed by atoms with van der Waals surface area (Å²) in [6, 6.07) is 19.2. The van der Waals surface area contributed by atoms with Gasteiger partial charge in [0.05, 0.1) is 24.8 Å². The Kier molecular flexibility index (Phi) is 7.92. The number of carbonyl (C=O) groups is 1. The van der Waals surface area contributed by atoms with Gasteiger partial charge in [-0.15, -0.1) is 0 Å². The lowest BCUT2D eigenvalue weighted by molar-refractivity contribution is -0.121. The molecule has 7 nitrogen and oxygen atoms in total.